The zero-order valence-corrected chi connectivity index (χ0v) is 7.95. The summed E-state index contributed by atoms with van der Waals surface area (Å²) in [6, 6.07) is 2.95. The first-order valence-corrected chi connectivity index (χ1v) is 3.98. The summed E-state index contributed by atoms with van der Waals surface area (Å²) < 4.78 is 4.88. The first-order valence-electron chi connectivity index (χ1n) is 3.98. The number of rotatable bonds is 3. The largest absolute Gasteiger partial charge is 0.504 e. The van der Waals surface area contributed by atoms with Crippen molar-refractivity contribution >= 4 is 12.4 Å². The highest BCUT2D eigenvalue weighted by Gasteiger charge is 2.08. The molecule has 0 aliphatic carbocycles. The summed E-state index contributed by atoms with van der Waals surface area (Å²) in [5.74, 6) is 0.0488. The van der Waals surface area contributed by atoms with Gasteiger partial charge in [-0.15, -0.1) is 0 Å². The van der Waals surface area contributed by atoms with Gasteiger partial charge < -0.3 is 20.3 Å². The van der Waals surface area contributed by atoms with Crippen LogP contribution >= 0.6 is 0 Å². The lowest BCUT2D eigenvalue weighted by Gasteiger charge is -2.06. The number of phenols is 1. The van der Waals surface area contributed by atoms with Crippen molar-refractivity contribution in [1.29, 1.82) is 0 Å². The van der Waals surface area contributed by atoms with E-state index in [0.717, 1.165) is 12.4 Å². The number of nitrogens with zero attached hydrogens (tertiary/aromatic N) is 2. The van der Waals surface area contributed by atoms with Crippen LogP contribution in [0.4, 0.5) is 0 Å². The van der Waals surface area contributed by atoms with Crippen molar-refractivity contribution < 1.29 is 20.3 Å². The lowest BCUT2D eigenvalue weighted by atomic mass is 10.1. The van der Waals surface area contributed by atoms with Gasteiger partial charge in [0, 0.05) is 11.1 Å². The van der Waals surface area contributed by atoms with Gasteiger partial charge in [0.2, 0.25) is 0 Å². The van der Waals surface area contributed by atoms with Crippen LogP contribution in [0.5, 0.6) is 11.5 Å². The molecule has 6 heteroatoms. The molecule has 0 fully saturated rings. The van der Waals surface area contributed by atoms with Gasteiger partial charge in [-0.1, -0.05) is 10.3 Å². The van der Waals surface area contributed by atoms with Crippen molar-refractivity contribution in [1.82, 2.24) is 0 Å². The van der Waals surface area contributed by atoms with Gasteiger partial charge in [0.05, 0.1) is 19.5 Å². The zero-order chi connectivity index (χ0) is 11.3. The number of phenolic OH excluding ortho intramolecular Hbond substituents is 1. The Morgan fingerprint density at radius 1 is 1.20 bits per heavy atom. The van der Waals surface area contributed by atoms with Gasteiger partial charge in [-0.2, -0.15) is 0 Å². The minimum absolute atomic E-state index is 0.148. The van der Waals surface area contributed by atoms with Gasteiger partial charge in [-0.05, 0) is 12.1 Å². The predicted octanol–water partition coefficient (Wildman–Crippen LogP) is 1.02. The van der Waals surface area contributed by atoms with Crippen LogP contribution in [0.3, 0.4) is 0 Å². The van der Waals surface area contributed by atoms with Crippen LogP contribution in [0.1, 0.15) is 11.1 Å². The fourth-order valence-corrected chi connectivity index (χ4v) is 1.11. The van der Waals surface area contributed by atoms with Gasteiger partial charge in [-0.25, -0.2) is 0 Å². The number of oxime groups is 2. The first-order chi connectivity index (χ1) is 7.22. The lowest BCUT2D eigenvalue weighted by Crippen LogP contribution is -1.93. The second kappa shape index (κ2) is 4.85. The maximum Gasteiger partial charge on any atom is 0.166 e. The highest BCUT2D eigenvalue weighted by atomic mass is 16.5. The third kappa shape index (κ3) is 2.37. The average molecular weight is 210 g/mol. The van der Waals surface area contributed by atoms with Crippen LogP contribution in [0, 0.1) is 0 Å². The van der Waals surface area contributed by atoms with E-state index in [-0.39, 0.29) is 17.1 Å². The molecule has 0 aromatic heterocycles. The molecule has 0 heterocycles. The summed E-state index contributed by atoms with van der Waals surface area (Å²) in [5, 5.41) is 31.9. The number of hydrogen-bond acceptors (Lipinski definition) is 6. The Balaban J connectivity index is 3.31. The van der Waals surface area contributed by atoms with Crippen LogP contribution in [0.15, 0.2) is 22.4 Å². The molecule has 3 N–H and O–H groups in total. The summed E-state index contributed by atoms with van der Waals surface area (Å²) in [4.78, 5) is 0. The molecule has 80 valence electrons. The van der Waals surface area contributed by atoms with Crippen LogP contribution in [0.25, 0.3) is 0 Å². The molecule has 0 unspecified atom stereocenters. The van der Waals surface area contributed by atoms with Gasteiger partial charge in [0.15, 0.2) is 11.5 Å². The van der Waals surface area contributed by atoms with E-state index < -0.39 is 0 Å². The van der Waals surface area contributed by atoms with Crippen LogP contribution in [0.2, 0.25) is 0 Å². The third-order valence-electron chi connectivity index (χ3n) is 1.75. The summed E-state index contributed by atoms with van der Waals surface area (Å²) in [7, 11) is 1.38. The summed E-state index contributed by atoms with van der Waals surface area (Å²) in [6.45, 7) is 0. The Hall–Kier alpha value is -2.24. The number of aromatic hydroxyl groups is 1. The van der Waals surface area contributed by atoms with Crippen molar-refractivity contribution in [2.24, 2.45) is 10.3 Å². The molecule has 1 aromatic carbocycles. The van der Waals surface area contributed by atoms with E-state index >= 15 is 0 Å². The Morgan fingerprint density at radius 3 is 2.40 bits per heavy atom. The molecule has 0 aliphatic heterocycles. The second-order valence-corrected chi connectivity index (χ2v) is 2.65. The molecule has 0 atom stereocenters. The van der Waals surface area contributed by atoms with Crippen molar-refractivity contribution in [3.63, 3.8) is 0 Å². The first kappa shape index (κ1) is 10.8. The van der Waals surface area contributed by atoms with Gasteiger partial charge in [0.1, 0.15) is 0 Å². The molecular formula is C9H10N2O4. The van der Waals surface area contributed by atoms with Crippen molar-refractivity contribution in [3.05, 3.63) is 23.3 Å². The normalized spacial score (nSPS) is 11.3. The van der Waals surface area contributed by atoms with Crippen molar-refractivity contribution in [2.45, 2.75) is 0 Å². The Kier molecular flexibility index (Phi) is 3.50. The van der Waals surface area contributed by atoms with E-state index in [1.54, 1.807) is 0 Å². The predicted molar refractivity (Wildman–Crippen MR) is 53.4 cm³/mol. The third-order valence-corrected chi connectivity index (χ3v) is 1.75. The fourth-order valence-electron chi connectivity index (χ4n) is 1.11. The standard InChI is InChI=1S/C9H10N2O4/c1-15-8-3-6(4-10-13)2-7(5-11-14)9(8)12/h2-5,12-14H,1H3/b10-4-,11-5-. The summed E-state index contributed by atoms with van der Waals surface area (Å²) in [5.41, 5.74) is 0.758. The molecule has 0 spiro atoms. The van der Waals surface area contributed by atoms with Crippen LogP contribution < -0.4 is 4.74 Å². The maximum absolute atomic E-state index is 9.58. The molecular weight excluding hydrogens is 200 g/mol. The van der Waals surface area contributed by atoms with Gasteiger partial charge in [0.25, 0.3) is 0 Å². The fraction of sp³-hybridized carbons (Fsp3) is 0.111. The monoisotopic (exact) mass is 210 g/mol. The number of methoxy groups -OCH3 is 1. The highest BCUT2D eigenvalue weighted by Crippen LogP contribution is 2.29. The van der Waals surface area contributed by atoms with E-state index in [2.05, 4.69) is 10.3 Å². The molecule has 0 radical (unpaired) electrons. The summed E-state index contributed by atoms with van der Waals surface area (Å²) in [6.07, 6.45) is 2.21. The Bertz CT molecular complexity index is 401. The quantitative estimate of drug-likeness (QED) is 0.394. The van der Waals surface area contributed by atoms with Gasteiger partial charge in [-0.3, -0.25) is 0 Å². The topological polar surface area (TPSA) is 94.6 Å². The van der Waals surface area contributed by atoms with Crippen LogP contribution in [-0.2, 0) is 0 Å². The molecule has 0 amide bonds. The molecule has 6 nitrogen and oxygen atoms in total. The van der Waals surface area contributed by atoms with Crippen molar-refractivity contribution in [2.75, 3.05) is 7.11 Å². The number of benzene rings is 1. The Labute approximate surface area is 85.7 Å². The minimum atomic E-state index is -0.148. The Morgan fingerprint density at radius 2 is 1.87 bits per heavy atom. The van der Waals surface area contributed by atoms with E-state index in [0.29, 0.717) is 5.56 Å². The van der Waals surface area contributed by atoms with E-state index in [4.69, 9.17) is 15.2 Å². The molecule has 0 bridgehead atoms. The van der Waals surface area contributed by atoms with E-state index in [1.807, 2.05) is 0 Å². The average Bonchev–Trinajstić information content (AvgIpc) is 2.23. The van der Waals surface area contributed by atoms with Gasteiger partial charge >= 0.3 is 0 Å². The lowest BCUT2D eigenvalue weighted by molar-refractivity contribution is 0.321. The molecule has 0 saturated carbocycles. The highest BCUT2D eigenvalue weighted by molar-refractivity contribution is 5.90. The maximum atomic E-state index is 9.58. The van der Waals surface area contributed by atoms with Crippen molar-refractivity contribution in [3.8, 4) is 11.5 Å². The minimum Gasteiger partial charge on any atom is -0.504 e. The number of hydrogen-bond donors (Lipinski definition) is 3. The molecule has 1 rings (SSSR count). The van der Waals surface area contributed by atoms with E-state index in [9.17, 15) is 5.11 Å². The van der Waals surface area contributed by atoms with Crippen LogP contribution in [-0.4, -0.2) is 35.1 Å². The molecule has 1 aromatic rings. The molecule has 15 heavy (non-hydrogen) atoms. The van der Waals surface area contributed by atoms with E-state index in [1.165, 1.54) is 19.2 Å². The molecule has 0 aliphatic rings. The SMILES string of the molecule is COc1cc(/C=N\O)cc(/C=N\O)c1O. The number of ether oxygens (including phenoxy) is 1. The smallest absolute Gasteiger partial charge is 0.166 e. The second-order valence-electron chi connectivity index (χ2n) is 2.65. The zero-order valence-electron chi connectivity index (χ0n) is 7.95. The summed E-state index contributed by atoms with van der Waals surface area (Å²) >= 11 is 0. The molecule has 0 saturated heterocycles.